The molecule has 0 saturated heterocycles. The van der Waals surface area contributed by atoms with Gasteiger partial charge in [0, 0.05) is 12.2 Å². The van der Waals surface area contributed by atoms with Crippen LogP contribution in [0.2, 0.25) is 0 Å². The average Bonchev–Trinajstić information content (AvgIpc) is 2.85. The first-order valence-corrected chi connectivity index (χ1v) is 7.73. The van der Waals surface area contributed by atoms with Gasteiger partial charge in [-0.05, 0) is 52.9 Å². The van der Waals surface area contributed by atoms with Crippen molar-refractivity contribution in [2.45, 2.75) is 45.1 Å². The molecule has 0 aliphatic heterocycles. The van der Waals surface area contributed by atoms with Crippen LogP contribution in [0.25, 0.3) is 0 Å². The number of hydrogen-bond donors (Lipinski definition) is 2. The predicted octanol–water partition coefficient (Wildman–Crippen LogP) is 4.25. The van der Waals surface area contributed by atoms with E-state index in [1.807, 2.05) is 6.92 Å². The van der Waals surface area contributed by atoms with Crippen LogP contribution in [0, 0.1) is 18.7 Å². The molecule has 1 saturated carbocycles. The van der Waals surface area contributed by atoms with Crippen molar-refractivity contribution in [3.8, 4) is 0 Å². The average molecular weight is 330 g/mol. The highest BCUT2D eigenvalue weighted by atomic mass is 79.9. The zero-order valence-corrected chi connectivity index (χ0v) is 12.8. The smallest absolute Gasteiger partial charge is 0.137 e. The minimum absolute atomic E-state index is 0.255. The van der Waals surface area contributed by atoms with Crippen molar-refractivity contribution in [1.82, 2.24) is 0 Å². The molecule has 1 unspecified atom stereocenters. The first-order chi connectivity index (χ1) is 9.06. The van der Waals surface area contributed by atoms with Gasteiger partial charge in [-0.2, -0.15) is 0 Å². The molecule has 0 radical (unpaired) electrons. The lowest BCUT2D eigenvalue weighted by atomic mass is 10.00. The lowest BCUT2D eigenvalue weighted by Gasteiger charge is -2.17. The summed E-state index contributed by atoms with van der Waals surface area (Å²) < 4.78 is 13.8. The molecule has 1 aromatic carbocycles. The molecule has 0 heterocycles. The van der Waals surface area contributed by atoms with Gasteiger partial charge in [-0.15, -0.1) is 0 Å². The molecule has 106 valence electrons. The largest absolute Gasteiger partial charge is 0.391 e. The van der Waals surface area contributed by atoms with Crippen LogP contribution >= 0.6 is 15.9 Å². The van der Waals surface area contributed by atoms with E-state index in [-0.39, 0.29) is 11.9 Å². The second-order valence-electron chi connectivity index (χ2n) is 5.50. The molecule has 0 aromatic heterocycles. The lowest BCUT2D eigenvalue weighted by Crippen LogP contribution is -2.22. The lowest BCUT2D eigenvalue weighted by molar-refractivity contribution is 0.155. The molecule has 1 aliphatic carbocycles. The summed E-state index contributed by atoms with van der Waals surface area (Å²) in [6.45, 7) is 2.39. The molecule has 1 aliphatic rings. The van der Waals surface area contributed by atoms with E-state index in [4.69, 9.17) is 0 Å². The molecule has 0 spiro atoms. The molecule has 4 heteroatoms. The Morgan fingerprint density at radius 3 is 2.79 bits per heavy atom. The Kier molecular flexibility index (Phi) is 5.22. The molecule has 2 rings (SSSR count). The molecule has 1 aromatic rings. The summed E-state index contributed by atoms with van der Waals surface area (Å²) in [5.41, 5.74) is 1.73. The Morgan fingerprint density at radius 1 is 1.42 bits per heavy atom. The van der Waals surface area contributed by atoms with E-state index in [9.17, 15) is 9.50 Å². The fraction of sp³-hybridized carbons (Fsp3) is 0.600. The summed E-state index contributed by atoms with van der Waals surface area (Å²) in [5, 5.41) is 13.2. The predicted molar refractivity (Wildman–Crippen MR) is 79.9 cm³/mol. The number of aryl methyl sites for hydroxylation is 1. The van der Waals surface area contributed by atoms with Gasteiger partial charge in [0.15, 0.2) is 0 Å². The van der Waals surface area contributed by atoms with E-state index < -0.39 is 0 Å². The highest BCUT2D eigenvalue weighted by molar-refractivity contribution is 9.10. The van der Waals surface area contributed by atoms with Crippen molar-refractivity contribution in [3.63, 3.8) is 0 Å². The zero-order chi connectivity index (χ0) is 13.8. The van der Waals surface area contributed by atoms with Gasteiger partial charge in [0.2, 0.25) is 0 Å². The summed E-state index contributed by atoms with van der Waals surface area (Å²) in [7, 11) is 0. The summed E-state index contributed by atoms with van der Waals surface area (Å²) >= 11 is 3.18. The second kappa shape index (κ2) is 6.71. The Balaban J connectivity index is 1.85. The molecule has 1 atom stereocenters. The van der Waals surface area contributed by atoms with Crippen LogP contribution in [0.15, 0.2) is 16.6 Å². The third kappa shape index (κ3) is 4.18. The summed E-state index contributed by atoms with van der Waals surface area (Å²) in [5.74, 6) is 0.424. The van der Waals surface area contributed by atoms with Crippen LogP contribution in [0.1, 0.15) is 37.7 Å². The Morgan fingerprint density at radius 2 is 2.11 bits per heavy atom. The normalized spacial score (nSPS) is 17.7. The van der Waals surface area contributed by atoms with Gasteiger partial charge < -0.3 is 10.4 Å². The summed E-state index contributed by atoms with van der Waals surface area (Å²) in [4.78, 5) is 0. The van der Waals surface area contributed by atoms with E-state index in [1.165, 1.54) is 31.7 Å². The zero-order valence-electron chi connectivity index (χ0n) is 11.3. The number of benzene rings is 1. The molecule has 2 nitrogen and oxygen atoms in total. The number of aliphatic hydroxyl groups excluding tert-OH is 1. The van der Waals surface area contributed by atoms with E-state index in [2.05, 4.69) is 21.2 Å². The van der Waals surface area contributed by atoms with Gasteiger partial charge in [0.05, 0.1) is 10.6 Å². The molecular weight excluding hydrogens is 309 g/mol. The van der Waals surface area contributed by atoms with Crippen LogP contribution in [-0.2, 0) is 0 Å². The molecule has 19 heavy (non-hydrogen) atoms. The number of rotatable bonds is 5. The van der Waals surface area contributed by atoms with Crippen molar-refractivity contribution in [1.29, 1.82) is 0 Å². The van der Waals surface area contributed by atoms with Gasteiger partial charge in [0.1, 0.15) is 5.82 Å². The number of halogens is 2. The Hall–Kier alpha value is -0.610. The Bertz CT molecular complexity index is 432. The van der Waals surface area contributed by atoms with Crippen LogP contribution in [0.4, 0.5) is 10.1 Å². The van der Waals surface area contributed by atoms with Crippen molar-refractivity contribution < 1.29 is 9.50 Å². The van der Waals surface area contributed by atoms with E-state index in [1.54, 1.807) is 6.07 Å². The van der Waals surface area contributed by atoms with Gasteiger partial charge in [-0.25, -0.2) is 4.39 Å². The van der Waals surface area contributed by atoms with Crippen LogP contribution in [0.3, 0.4) is 0 Å². The minimum Gasteiger partial charge on any atom is -0.391 e. The number of hydrogen-bond acceptors (Lipinski definition) is 2. The molecular formula is C15H21BrFNO. The van der Waals surface area contributed by atoms with Gasteiger partial charge in [-0.1, -0.05) is 25.7 Å². The molecule has 0 bridgehead atoms. The highest BCUT2D eigenvalue weighted by Gasteiger charge is 2.18. The number of nitrogens with one attached hydrogen (secondary N) is 1. The molecule has 0 amide bonds. The second-order valence-corrected chi connectivity index (χ2v) is 6.36. The van der Waals surface area contributed by atoms with E-state index in [0.717, 1.165) is 17.7 Å². The first-order valence-electron chi connectivity index (χ1n) is 6.94. The third-order valence-corrected chi connectivity index (χ3v) is 4.48. The van der Waals surface area contributed by atoms with Crippen LogP contribution in [-0.4, -0.2) is 17.8 Å². The minimum atomic E-state index is -0.327. The Labute approximate surface area is 122 Å². The maximum absolute atomic E-state index is 13.3. The SMILES string of the molecule is Cc1cc(F)c(Br)cc1NCC(O)CC1CCCC1. The van der Waals surface area contributed by atoms with Crippen molar-refractivity contribution in [3.05, 3.63) is 28.0 Å². The first kappa shape index (κ1) is 14.8. The van der Waals surface area contributed by atoms with Crippen molar-refractivity contribution >= 4 is 21.6 Å². The maximum Gasteiger partial charge on any atom is 0.137 e. The fourth-order valence-electron chi connectivity index (χ4n) is 2.78. The maximum atomic E-state index is 13.3. The van der Waals surface area contributed by atoms with Crippen molar-refractivity contribution in [2.24, 2.45) is 5.92 Å². The molecule has 1 fully saturated rings. The number of aliphatic hydroxyl groups is 1. The van der Waals surface area contributed by atoms with E-state index in [0.29, 0.717) is 16.9 Å². The number of anilines is 1. The van der Waals surface area contributed by atoms with Crippen LogP contribution < -0.4 is 5.32 Å². The fourth-order valence-corrected chi connectivity index (χ4v) is 3.12. The van der Waals surface area contributed by atoms with Gasteiger partial charge >= 0.3 is 0 Å². The van der Waals surface area contributed by atoms with Crippen molar-refractivity contribution in [2.75, 3.05) is 11.9 Å². The van der Waals surface area contributed by atoms with Gasteiger partial charge in [-0.3, -0.25) is 0 Å². The van der Waals surface area contributed by atoms with Gasteiger partial charge in [0.25, 0.3) is 0 Å². The van der Waals surface area contributed by atoms with E-state index >= 15 is 0 Å². The quantitative estimate of drug-likeness (QED) is 0.846. The molecule has 2 N–H and O–H groups in total. The summed E-state index contributed by atoms with van der Waals surface area (Å²) in [6, 6.07) is 3.22. The third-order valence-electron chi connectivity index (χ3n) is 3.88. The highest BCUT2D eigenvalue weighted by Crippen LogP contribution is 2.29. The standard InChI is InChI=1S/C15H21BrFNO/c1-10-6-14(17)13(16)8-15(10)18-9-12(19)7-11-4-2-3-5-11/h6,8,11-12,18-19H,2-5,7,9H2,1H3. The van der Waals surface area contributed by atoms with Crippen LogP contribution in [0.5, 0.6) is 0 Å². The topological polar surface area (TPSA) is 32.3 Å². The summed E-state index contributed by atoms with van der Waals surface area (Å²) in [6.07, 6.45) is 5.64. The monoisotopic (exact) mass is 329 g/mol.